The number of carbonyl (C=O) groups is 1. The average molecular weight is 272 g/mol. The third kappa shape index (κ3) is 5.10. The first-order valence-corrected chi connectivity index (χ1v) is 7.08. The number of carboxylic acids is 1. The monoisotopic (exact) mass is 272 g/mol. The number of ether oxygens (including phenoxy) is 1. The Morgan fingerprint density at radius 1 is 1.56 bits per heavy atom. The zero-order valence-corrected chi connectivity index (χ0v) is 11.7. The Labute approximate surface area is 112 Å². The van der Waals surface area contributed by atoms with Gasteiger partial charge < -0.3 is 14.4 Å². The van der Waals surface area contributed by atoms with Crippen LogP contribution in [0.1, 0.15) is 25.5 Å². The third-order valence-electron chi connectivity index (χ3n) is 2.44. The lowest BCUT2D eigenvalue weighted by molar-refractivity contribution is -0.133. The summed E-state index contributed by atoms with van der Waals surface area (Å²) in [4.78, 5) is 14.8. The Kier molecular flexibility index (Phi) is 6.82. The molecule has 0 bridgehead atoms. The summed E-state index contributed by atoms with van der Waals surface area (Å²) in [6, 6.07) is 0. The maximum Gasteiger partial charge on any atom is 0.313 e. The van der Waals surface area contributed by atoms with E-state index in [0.717, 1.165) is 36.8 Å². The second kappa shape index (κ2) is 8.16. The summed E-state index contributed by atoms with van der Waals surface area (Å²) in [5.74, 6) is -0.793. The normalized spacial score (nSPS) is 10.8. The molecule has 0 fully saturated rings. The fourth-order valence-corrected chi connectivity index (χ4v) is 2.23. The van der Waals surface area contributed by atoms with Crippen LogP contribution in [0, 0.1) is 6.92 Å². The van der Waals surface area contributed by atoms with Crippen LogP contribution >= 0.6 is 11.8 Å². The van der Waals surface area contributed by atoms with Gasteiger partial charge in [-0.3, -0.25) is 4.79 Å². The van der Waals surface area contributed by atoms with E-state index in [2.05, 4.69) is 11.9 Å². The maximum atomic E-state index is 10.5. The Hall–Kier alpha value is -1.01. The van der Waals surface area contributed by atoms with Crippen molar-refractivity contribution in [1.29, 1.82) is 0 Å². The van der Waals surface area contributed by atoms with Crippen molar-refractivity contribution < 1.29 is 14.6 Å². The highest BCUT2D eigenvalue weighted by Crippen LogP contribution is 2.17. The van der Waals surface area contributed by atoms with Gasteiger partial charge in [0.1, 0.15) is 0 Å². The summed E-state index contributed by atoms with van der Waals surface area (Å²) in [7, 11) is 0. The van der Waals surface area contributed by atoms with Crippen molar-refractivity contribution in [3.63, 3.8) is 0 Å². The van der Waals surface area contributed by atoms with Gasteiger partial charge in [-0.25, -0.2) is 4.98 Å². The molecule has 0 aliphatic heterocycles. The van der Waals surface area contributed by atoms with E-state index in [1.807, 2.05) is 11.5 Å². The molecule has 0 saturated carbocycles. The van der Waals surface area contributed by atoms with Gasteiger partial charge in [0.15, 0.2) is 5.16 Å². The first kappa shape index (κ1) is 15.0. The summed E-state index contributed by atoms with van der Waals surface area (Å²) in [5, 5.41) is 9.41. The van der Waals surface area contributed by atoms with Gasteiger partial charge in [0.25, 0.3) is 0 Å². The van der Waals surface area contributed by atoms with E-state index in [1.54, 1.807) is 6.20 Å². The first-order valence-electron chi connectivity index (χ1n) is 6.09. The van der Waals surface area contributed by atoms with Gasteiger partial charge in [-0.2, -0.15) is 0 Å². The number of rotatable bonds is 9. The SMILES string of the molecule is CCCCOCCn1c(C)cnc1SCC(=O)O. The van der Waals surface area contributed by atoms with Crippen molar-refractivity contribution in [3.8, 4) is 0 Å². The zero-order chi connectivity index (χ0) is 13.4. The van der Waals surface area contributed by atoms with Crippen LogP contribution in [0.15, 0.2) is 11.4 Å². The standard InChI is InChI=1S/C12H20N2O3S/c1-3-4-6-17-7-5-14-10(2)8-13-12(14)18-9-11(15)16/h8H,3-7,9H2,1-2H3,(H,15,16). The van der Waals surface area contributed by atoms with Crippen LogP contribution in [-0.2, 0) is 16.1 Å². The lowest BCUT2D eigenvalue weighted by Crippen LogP contribution is -2.10. The van der Waals surface area contributed by atoms with Gasteiger partial charge in [0.05, 0.1) is 12.4 Å². The van der Waals surface area contributed by atoms with E-state index >= 15 is 0 Å². The van der Waals surface area contributed by atoms with Gasteiger partial charge in [-0.1, -0.05) is 25.1 Å². The van der Waals surface area contributed by atoms with Crippen molar-refractivity contribution in [1.82, 2.24) is 9.55 Å². The number of hydrogen-bond donors (Lipinski definition) is 1. The minimum Gasteiger partial charge on any atom is -0.481 e. The molecule has 0 spiro atoms. The van der Waals surface area contributed by atoms with Crippen LogP contribution in [-0.4, -0.2) is 39.6 Å². The van der Waals surface area contributed by atoms with E-state index in [-0.39, 0.29) is 5.75 Å². The molecule has 1 aromatic heterocycles. The summed E-state index contributed by atoms with van der Waals surface area (Å²) in [6.07, 6.45) is 3.96. The van der Waals surface area contributed by atoms with Crippen LogP contribution in [0.25, 0.3) is 0 Å². The molecule has 102 valence electrons. The van der Waals surface area contributed by atoms with Crippen LogP contribution < -0.4 is 0 Å². The minimum absolute atomic E-state index is 0.0349. The fourth-order valence-electron chi connectivity index (χ4n) is 1.46. The predicted octanol–water partition coefficient (Wildman–Crippen LogP) is 2.18. The summed E-state index contributed by atoms with van der Waals surface area (Å²) >= 11 is 1.24. The number of carboxylic acid groups (broad SMARTS) is 1. The molecule has 5 nitrogen and oxygen atoms in total. The molecule has 0 saturated heterocycles. The molecular formula is C12H20N2O3S. The molecule has 18 heavy (non-hydrogen) atoms. The molecule has 0 aromatic carbocycles. The quantitative estimate of drug-likeness (QED) is 0.551. The number of unbranched alkanes of at least 4 members (excludes halogenated alkanes) is 1. The highest BCUT2D eigenvalue weighted by molar-refractivity contribution is 7.99. The smallest absolute Gasteiger partial charge is 0.313 e. The van der Waals surface area contributed by atoms with Crippen LogP contribution in [0.2, 0.25) is 0 Å². The molecule has 0 atom stereocenters. The molecule has 6 heteroatoms. The zero-order valence-electron chi connectivity index (χ0n) is 10.9. The summed E-state index contributed by atoms with van der Waals surface area (Å²) in [5.41, 5.74) is 1.03. The number of imidazole rings is 1. The molecule has 1 heterocycles. The molecule has 1 N–H and O–H groups in total. The molecule has 0 unspecified atom stereocenters. The highest BCUT2D eigenvalue weighted by atomic mass is 32.2. The summed E-state index contributed by atoms with van der Waals surface area (Å²) in [6.45, 7) is 6.23. The average Bonchev–Trinajstić information content (AvgIpc) is 2.68. The van der Waals surface area contributed by atoms with Gasteiger partial charge in [0, 0.05) is 25.0 Å². The fraction of sp³-hybridized carbons (Fsp3) is 0.667. The second-order valence-corrected chi connectivity index (χ2v) is 4.92. The first-order chi connectivity index (χ1) is 8.65. The highest BCUT2D eigenvalue weighted by Gasteiger charge is 2.09. The number of nitrogens with zero attached hydrogens (tertiary/aromatic N) is 2. The summed E-state index contributed by atoms with van der Waals surface area (Å²) < 4.78 is 7.51. The molecule has 0 amide bonds. The Balaban J connectivity index is 2.42. The third-order valence-corrected chi connectivity index (χ3v) is 3.42. The van der Waals surface area contributed by atoms with Crippen molar-refractivity contribution >= 4 is 17.7 Å². The van der Waals surface area contributed by atoms with Gasteiger partial charge in [-0.05, 0) is 13.3 Å². The maximum absolute atomic E-state index is 10.5. The number of aliphatic carboxylic acids is 1. The minimum atomic E-state index is -0.827. The van der Waals surface area contributed by atoms with E-state index in [0.29, 0.717) is 6.61 Å². The van der Waals surface area contributed by atoms with Gasteiger partial charge in [-0.15, -0.1) is 0 Å². The van der Waals surface area contributed by atoms with Crippen molar-refractivity contribution in [2.45, 2.75) is 38.4 Å². The van der Waals surface area contributed by atoms with Gasteiger partial charge >= 0.3 is 5.97 Å². The number of hydrogen-bond acceptors (Lipinski definition) is 4. The number of thioether (sulfide) groups is 1. The van der Waals surface area contributed by atoms with Crippen molar-refractivity contribution in [3.05, 3.63) is 11.9 Å². The molecule has 0 radical (unpaired) electrons. The second-order valence-electron chi connectivity index (χ2n) is 3.98. The molecule has 0 aliphatic carbocycles. The van der Waals surface area contributed by atoms with E-state index in [4.69, 9.17) is 9.84 Å². The van der Waals surface area contributed by atoms with E-state index < -0.39 is 5.97 Å². The Bertz CT molecular complexity index is 379. The van der Waals surface area contributed by atoms with Crippen LogP contribution in [0.4, 0.5) is 0 Å². The van der Waals surface area contributed by atoms with E-state index in [1.165, 1.54) is 11.8 Å². The van der Waals surface area contributed by atoms with Crippen molar-refractivity contribution in [2.75, 3.05) is 19.0 Å². The molecular weight excluding hydrogens is 252 g/mol. The Morgan fingerprint density at radius 2 is 2.33 bits per heavy atom. The molecule has 1 rings (SSSR count). The number of aryl methyl sites for hydroxylation is 1. The van der Waals surface area contributed by atoms with E-state index in [9.17, 15) is 4.79 Å². The molecule has 1 aromatic rings. The lowest BCUT2D eigenvalue weighted by Gasteiger charge is -2.09. The van der Waals surface area contributed by atoms with Crippen molar-refractivity contribution in [2.24, 2.45) is 0 Å². The van der Waals surface area contributed by atoms with Crippen LogP contribution in [0.5, 0.6) is 0 Å². The van der Waals surface area contributed by atoms with Crippen LogP contribution in [0.3, 0.4) is 0 Å². The van der Waals surface area contributed by atoms with Gasteiger partial charge in [0.2, 0.25) is 0 Å². The lowest BCUT2D eigenvalue weighted by atomic mass is 10.4. The number of aromatic nitrogens is 2. The topological polar surface area (TPSA) is 64.4 Å². The Morgan fingerprint density at radius 3 is 3.00 bits per heavy atom. The largest absolute Gasteiger partial charge is 0.481 e. The predicted molar refractivity (Wildman–Crippen MR) is 71.1 cm³/mol. The molecule has 0 aliphatic rings.